The summed E-state index contributed by atoms with van der Waals surface area (Å²) in [6.07, 6.45) is 1.88. The van der Waals surface area contributed by atoms with Gasteiger partial charge in [0.15, 0.2) is 0 Å². The molecule has 2 aromatic carbocycles. The number of carbonyl (C=O) groups excluding carboxylic acids is 1. The van der Waals surface area contributed by atoms with Crippen molar-refractivity contribution in [1.82, 2.24) is 10.2 Å². The number of anilines is 1. The van der Waals surface area contributed by atoms with Crippen LogP contribution in [0.2, 0.25) is 0 Å². The molecule has 1 aliphatic heterocycles. The molecule has 0 atom stereocenters. The molecule has 150 valence electrons. The second-order valence-electron chi connectivity index (χ2n) is 7.34. The van der Waals surface area contributed by atoms with Crippen LogP contribution in [-0.2, 0) is 10.0 Å². The number of likely N-dealkylation sites (tertiary alicyclic amines) is 1. The standard InChI is InChI=1S/C21H27N3O3S/c1-16-15-17(21(25)22-18-11-13-23(2)14-12-18)9-10-20(16)24(3)28(26,27)19-7-5-4-6-8-19/h4-10,15,18H,11-14H2,1-3H3,(H,22,25). The Morgan fingerprint density at radius 2 is 1.75 bits per heavy atom. The predicted molar refractivity (Wildman–Crippen MR) is 111 cm³/mol. The average molecular weight is 402 g/mol. The Hall–Kier alpha value is -2.38. The first-order valence-electron chi connectivity index (χ1n) is 9.43. The molecule has 1 fully saturated rings. The van der Waals surface area contributed by atoms with E-state index in [4.69, 9.17) is 0 Å². The third-order valence-corrected chi connectivity index (χ3v) is 7.04. The Bertz CT molecular complexity index is 937. The van der Waals surface area contributed by atoms with E-state index in [2.05, 4.69) is 17.3 Å². The van der Waals surface area contributed by atoms with E-state index in [9.17, 15) is 13.2 Å². The van der Waals surface area contributed by atoms with E-state index in [0.29, 0.717) is 11.3 Å². The molecule has 0 spiro atoms. The molecular formula is C21H27N3O3S. The van der Waals surface area contributed by atoms with Gasteiger partial charge in [0.1, 0.15) is 0 Å². The third-order valence-electron chi connectivity index (χ3n) is 5.25. The molecule has 3 rings (SSSR count). The summed E-state index contributed by atoms with van der Waals surface area (Å²) in [5.41, 5.74) is 1.84. The lowest BCUT2D eigenvalue weighted by Crippen LogP contribution is -2.43. The first kappa shape index (κ1) is 20.4. The molecule has 2 aromatic rings. The van der Waals surface area contributed by atoms with Gasteiger partial charge in [-0.05, 0) is 75.8 Å². The van der Waals surface area contributed by atoms with Crippen molar-refractivity contribution in [2.24, 2.45) is 0 Å². The summed E-state index contributed by atoms with van der Waals surface area (Å²) in [6, 6.07) is 13.6. The Kier molecular flexibility index (Phi) is 6.05. The number of rotatable bonds is 5. The smallest absolute Gasteiger partial charge is 0.264 e. The zero-order chi connectivity index (χ0) is 20.3. The van der Waals surface area contributed by atoms with E-state index >= 15 is 0 Å². The van der Waals surface area contributed by atoms with Gasteiger partial charge in [-0.1, -0.05) is 18.2 Å². The maximum Gasteiger partial charge on any atom is 0.264 e. The molecular weight excluding hydrogens is 374 g/mol. The van der Waals surface area contributed by atoms with Gasteiger partial charge >= 0.3 is 0 Å². The fourth-order valence-corrected chi connectivity index (χ4v) is 4.73. The predicted octanol–water partition coefficient (Wildman–Crippen LogP) is 2.64. The van der Waals surface area contributed by atoms with E-state index in [1.54, 1.807) is 48.5 Å². The Balaban J connectivity index is 1.76. The van der Waals surface area contributed by atoms with Gasteiger partial charge in [0.05, 0.1) is 10.6 Å². The fourth-order valence-electron chi connectivity index (χ4n) is 3.45. The van der Waals surface area contributed by atoms with E-state index in [1.165, 1.54) is 11.4 Å². The monoisotopic (exact) mass is 401 g/mol. The molecule has 0 saturated carbocycles. The first-order valence-corrected chi connectivity index (χ1v) is 10.9. The normalized spacial score (nSPS) is 16.0. The van der Waals surface area contributed by atoms with Crippen molar-refractivity contribution in [2.45, 2.75) is 30.7 Å². The largest absolute Gasteiger partial charge is 0.349 e. The van der Waals surface area contributed by atoms with Crippen LogP contribution < -0.4 is 9.62 Å². The topological polar surface area (TPSA) is 69.7 Å². The molecule has 0 bridgehead atoms. The summed E-state index contributed by atoms with van der Waals surface area (Å²) in [5, 5.41) is 3.09. The summed E-state index contributed by atoms with van der Waals surface area (Å²) < 4.78 is 26.9. The van der Waals surface area contributed by atoms with Crippen LogP contribution in [0.4, 0.5) is 5.69 Å². The van der Waals surface area contributed by atoms with E-state index in [-0.39, 0.29) is 16.8 Å². The van der Waals surface area contributed by atoms with Crippen LogP contribution in [0.15, 0.2) is 53.4 Å². The minimum atomic E-state index is -3.65. The van der Waals surface area contributed by atoms with Crippen LogP contribution in [0.5, 0.6) is 0 Å². The highest BCUT2D eigenvalue weighted by Gasteiger charge is 2.23. The van der Waals surface area contributed by atoms with Gasteiger partial charge in [-0.15, -0.1) is 0 Å². The highest BCUT2D eigenvalue weighted by molar-refractivity contribution is 7.92. The lowest BCUT2D eigenvalue weighted by Gasteiger charge is -2.29. The molecule has 1 N–H and O–H groups in total. The minimum Gasteiger partial charge on any atom is -0.349 e. The van der Waals surface area contributed by atoms with Crippen molar-refractivity contribution in [2.75, 3.05) is 31.5 Å². The summed E-state index contributed by atoms with van der Waals surface area (Å²) in [6.45, 7) is 3.77. The van der Waals surface area contributed by atoms with Gasteiger partial charge in [0.25, 0.3) is 15.9 Å². The van der Waals surface area contributed by atoms with Crippen molar-refractivity contribution < 1.29 is 13.2 Å². The third kappa shape index (κ3) is 4.36. The Labute approximate surface area is 167 Å². The molecule has 7 heteroatoms. The van der Waals surface area contributed by atoms with Crippen molar-refractivity contribution >= 4 is 21.6 Å². The molecule has 6 nitrogen and oxygen atoms in total. The summed E-state index contributed by atoms with van der Waals surface area (Å²) in [5.74, 6) is -0.113. The van der Waals surface area contributed by atoms with Crippen LogP contribution >= 0.6 is 0 Å². The quantitative estimate of drug-likeness (QED) is 0.836. The van der Waals surface area contributed by atoms with Gasteiger partial charge < -0.3 is 10.2 Å². The zero-order valence-electron chi connectivity index (χ0n) is 16.6. The molecule has 28 heavy (non-hydrogen) atoms. The number of benzene rings is 2. The van der Waals surface area contributed by atoms with Crippen molar-refractivity contribution in [3.8, 4) is 0 Å². The Morgan fingerprint density at radius 3 is 2.36 bits per heavy atom. The number of hydrogen-bond donors (Lipinski definition) is 1. The molecule has 1 aliphatic rings. The SMILES string of the molecule is Cc1cc(C(=O)NC2CCN(C)CC2)ccc1N(C)S(=O)(=O)c1ccccc1. The van der Waals surface area contributed by atoms with Crippen molar-refractivity contribution in [3.63, 3.8) is 0 Å². The Morgan fingerprint density at radius 1 is 1.11 bits per heavy atom. The molecule has 1 saturated heterocycles. The number of nitrogens with one attached hydrogen (secondary N) is 1. The first-order chi connectivity index (χ1) is 13.3. The van der Waals surface area contributed by atoms with Crippen LogP contribution in [0, 0.1) is 6.92 Å². The van der Waals surface area contributed by atoms with Crippen molar-refractivity contribution in [1.29, 1.82) is 0 Å². The number of carbonyl (C=O) groups is 1. The van der Waals surface area contributed by atoms with Gasteiger partial charge in [-0.2, -0.15) is 0 Å². The van der Waals surface area contributed by atoms with Crippen LogP contribution in [-0.4, -0.2) is 52.5 Å². The average Bonchev–Trinajstić information content (AvgIpc) is 2.69. The number of aryl methyl sites for hydroxylation is 1. The zero-order valence-corrected chi connectivity index (χ0v) is 17.4. The van der Waals surface area contributed by atoms with Crippen molar-refractivity contribution in [3.05, 3.63) is 59.7 Å². The summed E-state index contributed by atoms with van der Waals surface area (Å²) in [4.78, 5) is 15.1. The van der Waals surface area contributed by atoms with Crippen LogP contribution in [0.25, 0.3) is 0 Å². The van der Waals surface area contributed by atoms with Crippen LogP contribution in [0.1, 0.15) is 28.8 Å². The van der Waals surface area contributed by atoms with E-state index < -0.39 is 10.0 Å². The second kappa shape index (κ2) is 8.32. The number of hydrogen-bond acceptors (Lipinski definition) is 4. The maximum absolute atomic E-state index is 12.8. The number of nitrogens with zero attached hydrogens (tertiary/aromatic N) is 2. The minimum absolute atomic E-state index is 0.113. The molecule has 0 aromatic heterocycles. The van der Waals surface area contributed by atoms with Crippen LogP contribution in [0.3, 0.4) is 0 Å². The molecule has 1 amide bonds. The molecule has 0 unspecified atom stereocenters. The van der Waals surface area contributed by atoms with Gasteiger partial charge in [-0.25, -0.2) is 8.42 Å². The maximum atomic E-state index is 12.8. The number of sulfonamides is 1. The highest BCUT2D eigenvalue weighted by Crippen LogP contribution is 2.26. The van der Waals surface area contributed by atoms with Gasteiger partial charge in [0.2, 0.25) is 0 Å². The molecule has 1 heterocycles. The number of amides is 1. The lowest BCUT2D eigenvalue weighted by atomic mass is 10.0. The van der Waals surface area contributed by atoms with Gasteiger partial charge in [0, 0.05) is 18.7 Å². The van der Waals surface area contributed by atoms with E-state index in [0.717, 1.165) is 31.5 Å². The molecule has 0 aliphatic carbocycles. The van der Waals surface area contributed by atoms with Gasteiger partial charge in [-0.3, -0.25) is 9.10 Å². The van der Waals surface area contributed by atoms with E-state index in [1.807, 2.05) is 6.92 Å². The lowest BCUT2D eigenvalue weighted by molar-refractivity contribution is 0.0917. The fraction of sp³-hybridized carbons (Fsp3) is 0.381. The number of piperidine rings is 1. The molecule has 0 radical (unpaired) electrons. The summed E-state index contributed by atoms with van der Waals surface area (Å²) >= 11 is 0. The second-order valence-corrected chi connectivity index (χ2v) is 9.31. The summed E-state index contributed by atoms with van der Waals surface area (Å²) in [7, 11) is -0.0333. The highest BCUT2D eigenvalue weighted by atomic mass is 32.2.